The molecule has 32 valence electrons. The molecule has 0 aliphatic carbocycles. The van der Waals surface area contributed by atoms with E-state index in [9.17, 15) is 0 Å². The molecule has 0 saturated carbocycles. The fourth-order valence-electron chi connectivity index (χ4n) is 0.411. The molecule has 0 fully saturated rings. The van der Waals surface area contributed by atoms with E-state index in [1.54, 1.807) is 12.5 Å². The van der Waals surface area contributed by atoms with Crippen molar-refractivity contribution in [2.45, 2.75) is 12.8 Å². The van der Waals surface area contributed by atoms with Crippen LogP contribution in [0.4, 0.5) is 0 Å². The van der Waals surface area contributed by atoms with Crippen molar-refractivity contribution in [2.75, 3.05) is 0 Å². The maximum Gasteiger partial charge on any atom is 0.313 e. The average Bonchev–Trinajstić information content (AvgIpc) is 1.72. The van der Waals surface area contributed by atoms with Crippen LogP contribution in [0.15, 0.2) is 12.3 Å². The highest BCUT2D eigenvalue weighted by Gasteiger charge is 1.90. The van der Waals surface area contributed by atoms with Gasteiger partial charge in [0.15, 0.2) is 0 Å². The van der Waals surface area contributed by atoms with Crippen LogP contribution >= 0.6 is 0 Å². The van der Waals surface area contributed by atoms with Gasteiger partial charge in [-0.1, -0.05) is 0 Å². The fraction of sp³-hybridized carbons (Fsp3) is 0.400. The fourth-order valence-corrected chi connectivity index (χ4v) is 0.411. The average molecular weight is 83.1 g/mol. The molecule has 0 aromatic rings. The second-order valence-corrected chi connectivity index (χ2v) is 1.25. The second-order valence-electron chi connectivity index (χ2n) is 1.25. The number of allylic oxidation sites excluding steroid dienone is 1. The molecule has 0 spiro atoms. The third-order valence-corrected chi connectivity index (χ3v) is 0.722. The molecule has 0 aromatic carbocycles. The Kier molecular flexibility index (Phi) is 1.05. The zero-order valence-electron chi connectivity index (χ0n) is 3.55. The van der Waals surface area contributed by atoms with E-state index >= 15 is 0 Å². The molecule has 0 radical (unpaired) electrons. The molecule has 1 heteroatoms. The molecule has 0 atom stereocenters. The third-order valence-electron chi connectivity index (χ3n) is 0.722. The highest BCUT2D eigenvalue weighted by Crippen LogP contribution is 1.89. The van der Waals surface area contributed by atoms with Crippen LogP contribution in [0.2, 0.25) is 0 Å². The van der Waals surface area contributed by atoms with Crippen LogP contribution in [0, 0.1) is 0 Å². The smallest absolute Gasteiger partial charge is 0.229 e. The Morgan fingerprint density at radius 3 is 2.50 bits per heavy atom. The molecule has 1 aliphatic rings. The van der Waals surface area contributed by atoms with Crippen LogP contribution in [0.25, 0.3) is 0 Å². The molecule has 1 heterocycles. The summed E-state index contributed by atoms with van der Waals surface area (Å²) in [5, 5.41) is 0. The highest BCUT2D eigenvalue weighted by molar-refractivity contribution is 5.51. The van der Waals surface area contributed by atoms with E-state index in [1.807, 2.05) is 6.08 Å². The minimum Gasteiger partial charge on any atom is -0.229 e. The van der Waals surface area contributed by atoms with Crippen molar-refractivity contribution in [3.8, 4) is 0 Å². The Bertz CT molecular complexity index is 69.9. The normalized spacial score (nSPS) is 18.7. The lowest BCUT2D eigenvalue weighted by Crippen LogP contribution is -1.80. The first-order valence-electron chi connectivity index (χ1n) is 2.12. The minimum atomic E-state index is 1.07. The summed E-state index contributed by atoms with van der Waals surface area (Å²) >= 11 is 0. The predicted molar refractivity (Wildman–Crippen MR) is 24.4 cm³/mol. The van der Waals surface area contributed by atoms with Gasteiger partial charge in [-0.25, -0.2) is 4.42 Å². The molecule has 0 N–H and O–H groups in total. The Labute approximate surface area is 37.0 Å². The van der Waals surface area contributed by atoms with E-state index in [0.29, 0.717) is 0 Å². The van der Waals surface area contributed by atoms with E-state index in [1.165, 1.54) is 0 Å². The Hall–Kier alpha value is -0.590. The summed E-state index contributed by atoms with van der Waals surface area (Å²) < 4.78 is 4.76. The molecule has 6 heavy (non-hydrogen) atoms. The summed E-state index contributed by atoms with van der Waals surface area (Å²) in [5.41, 5.74) is 0. The molecular weight excluding hydrogens is 76.1 g/mol. The minimum absolute atomic E-state index is 1.07. The van der Waals surface area contributed by atoms with Crippen molar-refractivity contribution in [2.24, 2.45) is 0 Å². The van der Waals surface area contributed by atoms with Gasteiger partial charge in [-0.3, -0.25) is 0 Å². The monoisotopic (exact) mass is 83.0 g/mol. The lowest BCUT2D eigenvalue weighted by molar-refractivity contribution is -0.370. The first-order valence-corrected chi connectivity index (χ1v) is 2.12. The van der Waals surface area contributed by atoms with Gasteiger partial charge in [0, 0.05) is 6.08 Å². The highest BCUT2D eigenvalue weighted by atomic mass is 16.4. The summed E-state index contributed by atoms with van der Waals surface area (Å²) in [6.45, 7) is 0. The maximum absolute atomic E-state index is 4.76. The van der Waals surface area contributed by atoms with Crippen molar-refractivity contribution in [3.63, 3.8) is 0 Å². The number of hydrogen-bond acceptors (Lipinski definition) is 0. The number of aldehydes is 1. The molecule has 0 amide bonds. The summed E-state index contributed by atoms with van der Waals surface area (Å²) in [7, 11) is 0. The van der Waals surface area contributed by atoms with Gasteiger partial charge in [-0.2, -0.15) is 0 Å². The zero-order chi connectivity index (χ0) is 4.24. The van der Waals surface area contributed by atoms with Gasteiger partial charge in [0.05, 0.1) is 6.42 Å². The van der Waals surface area contributed by atoms with Gasteiger partial charge in [0.2, 0.25) is 0 Å². The largest absolute Gasteiger partial charge is 0.313 e. The van der Waals surface area contributed by atoms with Gasteiger partial charge in [0.25, 0.3) is 6.29 Å². The lowest BCUT2D eigenvalue weighted by Gasteiger charge is -1.76. The van der Waals surface area contributed by atoms with Crippen molar-refractivity contribution >= 4 is 6.29 Å². The van der Waals surface area contributed by atoms with Gasteiger partial charge in [0.1, 0.15) is 0 Å². The van der Waals surface area contributed by atoms with Gasteiger partial charge < -0.3 is 0 Å². The summed E-state index contributed by atoms with van der Waals surface area (Å²) in [6.07, 6.45) is 7.74. The first-order chi connectivity index (χ1) is 3.00. The van der Waals surface area contributed by atoms with Crippen molar-refractivity contribution in [3.05, 3.63) is 12.3 Å². The van der Waals surface area contributed by atoms with E-state index < -0.39 is 0 Å². The quantitative estimate of drug-likeness (QED) is 0.306. The maximum atomic E-state index is 4.76. The second kappa shape index (κ2) is 1.75. The van der Waals surface area contributed by atoms with E-state index in [4.69, 9.17) is 4.42 Å². The number of carbonyl (C=O) groups excluding carboxylic acids is 1. The molecule has 0 bridgehead atoms. The summed E-state index contributed by atoms with van der Waals surface area (Å²) in [6, 6.07) is 0. The van der Waals surface area contributed by atoms with Crippen LogP contribution < -0.4 is 0 Å². The van der Waals surface area contributed by atoms with E-state index in [-0.39, 0.29) is 0 Å². The third kappa shape index (κ3) is 0.677. The van der Waals surface area contributed by atoms with Gasteiger partial charge in [-0.05, 0) is 6.42 Å². The molecule has 1 aliphatic heterocycles. The van der Waals surface area contributed by atoms with Crippen molar-refractivity contribution in [1.29, 1.82) is 0 Å². The summed E-state index contributed by atoms with van der Waals surface area (Å²) in [4.78, 5) is 0. The standard InChI is InChI=1S/C5H7O/c1-2-4-6-5-3-1/h2,4-5H,1,3H2/q+1. The van der Waals surface area contributed by atoms with Crippen LogP contribution in [0.5, 0.6) is 0 Å². The summed E-state index contributed by atoms with van der Waals surface area (Å²) in [5.74, 6) is 0. The molecule has 1 nitrogen and oxygen atoms in total. The van der Waals surface area contributed by atoms with Gasteiger partial charge in [-0.15, -0.1) is 0 Å². The van der Waals surface area contributed by atoms with Crippen LogP contribution in [0.3, 0.4) is 0 Å². The molecule has 0 aromatic heterocycles. The van der Waals surface area contributed by atoms with Crippen LogP contribution in [-0.2, 0) is 4.42 Å². The zero-order valence-corrected chi connectivity index (χ0v) is 3.55. The van der Waals surface area contributed by atoms with Gasteiger partial charge >= 0.3 is 6.26 Å². The Morgan fingerprint density at radius 2 is 2.33 bits per heavy atom. The van der Waals surface area contributed by atoms with Crippen molar-refractivity contribution in [1.82, 2.24) is 0 Å². The van der Waals surface area contributed by atoms with E-state index in [2.05, 4.69) is 0 Å². The Morgan fingerprint density at radius 1 is 1.33 bits per heavy atom. The first kappa shape index (κ1) is 3.59. The van der Waals surface area contributed by atoms with Crippen molar-refractivity contribution < 1.29 is 4.42 Å². The molecular formula is C5H7O+. The van der Waals surface area contributed by atoms with Crippen LogP contribution in [0.1, 0.15) is 12.8 Å². The van der Waals surface area contributed by atoms with Crippen LogP contribution in [-0.4, -0.2) is 6.29 Å². The molecule has 0 saturated heterocycles. The SMILES string of the molecule is C1=C[O+]=CCC1. The lowest BCUT2D eigenvalue weighted by atomic mass is 10.3. The Balaban J connectivity index is 2.46. The topological polar surface area (TPSA) is 11.3 Å². The number of hydrogen-bond donors (Lipinski definition) is 0. The molecule has 0 unspecified atom stereocenters. The van der Waals surface area contributed by atoms with E-state index in [0.717, 1.165) is 12.8 Å². The predicted octanol–water partition coefficient (Wildman–Crippen LogP) is 1.03. The number of rotatable bonds is 0. The molecule has 1 rings (SSSR count).